The number of fused-ring (bicyclic) bond motifs is 1. The van der Waals surface area contributed by atoms with Crippen LogP contribution >= 0.6 is 0 Å². The van der Waals surface area contributed by atoms with E-state index in [9.17, 15) is 9.59 Å². The molecule has 3 rings (SSSR count). The molecular weight excluding hydrogens is 372 g/mol. The second-order valence-corrected chi connectivity index (χ2v) is 6.89. The number of aryl methyl sites for hydroxylation is 1. The molecule has 7 nitrogen and oxygen atoms in total. The van der Waals surface area contributed by atoms with Crippen LogP contribution in [0.1, 0.15) is 22.8 Å². The molecule has 0 aromatic heterocycles. The van der Waals surface area contributed by atoms with Crippen molar-refractivity contribution in [3.05, 3.63) is 53.6 Å². The smallest absolute Gasteiger partial charge is 0.337 e. The average Bonchev–Trinajstić information content (AvgIpc) is 2.74. The van der Waals surface area contributed by atoms with Gasteiger partial charge in [-0.2, -0.15) is 0 Å². The second kappa shape index (κ2) is 9.43. The van der Waals surface area contributed by atoms with Crippen LogP contribution < -0.4 is 14.8 Å². The Labute approximate surface area is 170 Å². The predicted octanol–water partition coefficient (Wildman–Crippen LogP) is 2.88. The van der Waals surface area contributed by atoms with Gasteiger partial charge in [0, 0.05) is 12.2 Å². The fraction of sp³-hybridized carbons (Fsp3) is 0.364. The highest BCUT2D eigenvalue weighted by molar-refractivity contribution is 5.96. The Morgan fingerprint density at radius 3 is 2.69 bits per heavy atom. The molecule has 0 bridgehead atoms. The van der Waals surface area contributed by atoms with Crippen molar-refractivity contribution in [3.63, 3.8) is 0 Å². The fourth-order valence-corrected chi connectivity index (χ4v) is 3.14. The van der Waals surface area contributed by atoms with Gasteiger partial charge in [0.1, 0.15) is 12.7 Å². The number of carbonyl (C=O) groups is 2. The molecule has 1 heterocycles. The van der Waals surface area contributed by atoms with Crippen LogP contribution in [0.15, 0.2) is 42.5 Å². The van der Waals surface area contributed by atoms with Crippen molar-refractivity contribution in [2.45, 2.75) is 20.0 Å². The molecule has 154 valence electrons. The summed E-state index contributed by atoms with van der Waals surface area (Å²) >= 11 is 0. The molecule has 0 saturated heterocycles. The van der Waals surface area contributed by atoms with Crippen LogP contribution in [0.25, 0.3) is 0 Å². The number of methoxy groups -OCH3 is 1. The summed E-state index contributed by atoms with van der Waals surface area (Å²) in [5.74, 6) is 0.865. The summed E-state index contributed by atoms with van der Waals surface area (Å²) in [4.78, 5) is 26.3. The van der Waals surface area contributed by atoms with Crippen molar-refractivity contribution in [2.24, 2.45) is 0 Å². The molecule has 1 atom stereocenters. The van der Waals surface area contributed by atoms with Gasteiger partial charge >= 0.3 is 5.97 Å². The number of nitrogens with one attached hydrogen (secondary N) is 1. The van der Waals surface area contributed by atoms with E-state index >= 15 is 0 Å². The van der Waals surface area contributed by atoms with E-state index < -0.39 is 5.97 Å². The van der Waals surface area contributed by atoms with Crippen LogP contribution in [0.4, 0.5) is 5.69 Å². The first-order chi connectivity index (χ1) is 14.0. The quantitative estimate of drug-likeness (QED) is 0.723. The summed E-state index contributed by atoms with van der Waals surface area (Å²) in [5, 5.41) is 2.89. The summed E-state index contributed by atoms with van der Waals surface area (Å²) in [7, 11) is 1.33. The van der Waals surface area contributed by atoms with E-state index in [1.165, 1.54) is 7.11 Å². The molecular formula is C22H26N2O5. The van der Waals surface area contributed by atoms with Crippen molar-refractivity contribution in [3.8, 4) is 11.5 Å². The third-order valence-electron chi connectivity index (χ3n) is 4.78. The number of amides is 1. The Bertz CT molecular complexity index is 883. The molecule has 0 spiro atoms. The van der Waals surface area contributed by atoms with Crippen LogP contribution in [0.2, 0.25) is 0 Å². The number of anilines is 1. The number of rotatable bonds is 7. The van der Waals surface area contributed by atoms with Gasteiger partial charge in [0.05, 0.1) is 19.2 Å². The first-order valence-corrected chi connectivity index (χ1v) is 9.59. The molecule has 0 fully saturated rings. The van der Waals surface area contributed by atoms with E-state index in [1.807, 2.05) is 43.0 Å². The van der Waals surface area contributed by atoms with E-state index in [-0.39, 0.29) is 18.6 Å². The van der Waals surface area contributed by atoms with Crippen molar-refractivity contribution >= 4 is 17.6 Å². The SMILES string of the molecule is CCN(CC(=O)Nc1cc(C(=O)OC)ccc1C)CC1COc2ccccc2O1. The topological polar surface area (TPSA) is 77.1 Å². The largest absolute Gasteiger partial charge is 0.486 e. The maximum Gasteiger partial charge on any atom is 0.337 e. The number of likely N-dealkylation sites (N-methyl/N-ethyl adjacent to an activating group) is 1. The average molecular weight is 398 g/mol. The Morgan fingerprint density at radius 1 is 1.21 bits per heavy atom. The number of para-hydroxylation sites is 2. The lowest BCUT2D eigenvalue weighted by molar-refractivity contribution is -0.117. The molecule has 1 amide bonds. The third-order valence-corrected chi connectivity index (χ3v) is 4.78. The zero-order valence-corrected chi connectivity index (χ0v) is 16.9. The third kappa shape index (κ3) is 5.26. The van der Waals surface area contributed by atoms with Crippen molar-refractivity contribution in [1.82, 2.24) is 4.90 Å². The summed E-state index contributed by atoms with van der Waals surface area (Å²) in [5.41, 5.74) is 1.86. The summed E-state index contributed by atoms with van der Waals surface area (Å²) in [6, 6.07) is 12.6. The lowest BCUT2D eigenvalue weighted by Crippen LogP contribution is -2.43. The van der Waals surface area contributed by atoms with Gasteiger partial charge in [-0.1, -0.05) is 25.1 Å². The number of hydrogen-bond donors (Lipinski definition) is 1. The van der Waals surface area contributed by atoms with Crippen molar-refractivity contribution in [1.29, 1.82) is 0 Å². The number of benzene rings is 2. The van der Waals surface area contributed by atoms with Crippen LogP contribution in [0, 0.1) is 6.92 Å². The second-order valence-electron chi connectivity index (χ2n) is 6.89. The zero-order chi connectivity index (χ0) is 20.8. The Hall–Kier alpha value is -3.06. The summed E-state index contributed by atoms with van der Waals surface area (Å²) in [6.07, 6.45) is -0.151. The minimum atomic E-state index is -0.439. The fourth-order valence-electron chi connectivity index (χ4n) is 3.14. The highest BCUT2D eigenvalue weighted by atomic mass is 16.6. The highest BCUT2D eigenvalue weighted by Gasteiger charge is 2.23. The first kappa shape index (κ1) is 20.7. The molecule has 1 unspecified atom stereocenters. The van der Waals surface area contributed by atoms with Crippen molar-refractivity contribution in [2.75, 3.05) is 38.7 Å². The van der Waals surface area contributed by atoms with E-state index in [2.05, 4.69) is 5.32 Å². The number of hydrogen-bond acceptors (Lipinski definition) is 6. The molecule has 0 radical (unpaired) electrons. The lowest BCUT2D eigenvalue weighted by atomic mass is 10.1. The predicted molar refractivity (Wildman–Crippen MR) is 110 cm³/mol. The molecule has 1 N–H and O–H groups in total. The number of carbonyl (C=O) groups excluding carboxylic acids is 2. The zero-order valence-electron chi connectivity index (χ0n) is 16.9. The molecule has 1 aliphatic heterocycles. The van der Waals surface area contributed by atoms with Gasteiger partial charge < -0.3 is 19.5 Å². The van der Waals surface area contributed by atoms with E-state index in [0.717, 1.165) is 17.1 Å². The van der Waals surface area contributed by atoms with E-state index in [4.69, 9.17) is 14.2 Å². The standard InChI is InChI=1S/C22H26N2O5/c1-4-24(12-17-14-28-19-7-5-6-8-20(19)29-17)13-21(25)23-18-11-16(22(26)27-3)10-9-15(18)2/h5-11,17H,4,12-14H2,1-3H3,(H,23,25). The number of nitrogens with zero attached hydrogens (tertiary/aromatic N) is 1. The van der Waals surface area contributed by atoms with E-state index in [1.54, 1.807) is 18.2 Å². The van der Waals surface area contributed by atoms with Gasteiger partial charge in [-0.3, -0.25) is 9.69 Å². The van der Waals surface area contributed by atoms with Crippen LogP contribution in [-0.4, -0.2) is 56.2 Å². The minimum absolute atomic E-state index is 0.151. The van der Waals surface area contributed by atoms with E-state index in [0.29, 0.717) is 30.9 Å². The summed E-state index contributed by atoms with van der Waals surface area (Å²) in [6.45, 7) is 5.78. The van der Waals surface area contributed by atoms with Crippen molar-refractivity contribution < 1.29 is 23.8 Å². The Balaban J connectivity index is 1.59. The normalized spacial score (nSPS) is 15.1. The van der Waals surface area contributed by atoms with Gasteiger partial charge in [-0.05, 0) is 43.3 Å². The molecule has 0 saturated carbocycles. The van der Waals surface area contributed by atoms with Gasteiger partial charge in [0.15, 0.2) is 11.5 Å². The molecule has 2 aromatic rings. The maximum atomic E-state index is 12.6. The first-order valence-electron chi connectivity index (χ1n) is 9.59. The van der Waals surface area contributed by atoms with Gasteiger partial charge in [0.25, 0.3) is 0 Å². The monoisotopic (exact) mass is 398 g/mol. The molecule has 1 aliphatic rings. The number of ether oxygens (including phenoxy) is 3. The molecule has 7 heteroatoms. The lowest BCUT2D eigenvalue weighted by Gasteiger charge is -2.30. The molecule has 2 aromatic carbocycles. The summed E-state index contributed by atoms with van der Waals surface area (Å²) < 4.78 is 16.5. The van der Waals surface area contributed by atoms with Gasteiger partial charge in [-0.15, -0.1) is 0 Å². The van der Waals surface area contributed by atoms with Gasteiger partial charge in [0.2, 0.25) is 5.91 Å². The Morgan fingerprint density at radius 2 is 1.97 bits per heavy atom. The highest BCUT2D eigenvalue weighted by Crippen LogP contribution is 2.31. The number of esters is 1. The van der Waals surface area contributed by atoms with Crippen LogP contribution in [0.5, 0.6) is 11.5 Å². The minimum Gasteiger partial charge on any atom is -0.486 e. The Kier molecular flexibility index (Phi) is 6.72. The van der Waals surface area contributed by atoms with Crippen LogP contribution in [-0.2, 0) is 9.53 Å². The maximum absolute atomic E-state index is 12.6. The van der Waals surface area contributed by atoms with Gasteiger partial charge in [-0.25, -0.2) is 4.79 Å². The van der Waals surface area contributed by atoms with Crippen LogP contribution in [0.3, 0.4) is 0 Å². The molecule has 0 aliphatic carbocycles. The molecule has 29 heavy (non-hydrogen) atoms.